The van der Waals surface area contributed by atoms with Gasteiger partial charge in [-0.3, -0.25) is 4.79 Å². The summed E-state index contributed by atoms with van der Waals surface area (Å²) >= 11 is 5.67. The Kier molecular flexibility index (Phi) is 2.88. The molecule has 0 bridgehead atoms. The second-order valence-corrected chi connectivity index (χ2v) is 2.68. The highest BCUT2D eigenvalue weighted by molar-refractivity contribution is 6.30. The third-order valence-electron chi connectivity index (χ3n) is 1.43. The van der Waals surface area contributed by atoms with Gasteiger partial charge in [-0.05, 0) is 17.7 Å². The van der Waals surface area contributed by atoms with E-state index in [1.54, 1.807) is 24.3 Å². The molecule has 62 valence electrons. The van der Waals surface area contributed by atoms with Crippen LogP contribution in [0.2, 0.25) is 5.02 Å². The monoisotopic (exact) mass is 181 g/mol. The Bertz CT molecular complexity index is 292. The number of amides is 1. The zero-order chi connectivity index (χ0) is 8.97. The van der Waals surface area contributed by atoms with Crippen molar-refractivity contribution in [3.8, 4) is 0 Å². The minimum absolute atomic E-state index is 0.571. The van der Waals surface area contributed by atoms with Crippen LogP contribution in [0, 0.1) is 0 Å². The SMILES string of the molecule is C=C(NC=O)c1ccc(Cl)cc1. The zero-order valence-electron chi connectivity index (χ0n) is 6.38. The third-order valence-corrected chi connectivity index (χ3v) is 1.68. The first-order valence-electron chi connectivity index (χ1n) is 3.39. The van der Waals surface area contributed by atoms with Gasteiger partial charge in [-0.2, -0.15) is 0 Å². The summed E-state index contributed by atoms with van der Waals surface area (Å²) < 4.78 is 0. The summed E-state index contributed by atoms with van der Waals surface area (Å²) in [5, 5.41) is 3.13. The first-order chi connectivity index (χ1) is 5.74. The van der Waals surface area contributed by atoms with Crippen molar-refractivity contribution in [2.24, 2.45) is 0 Å². The highest BCUT2D eigenvalue weighted by atomic mass is 35.5. The lowest BCUT2D eigenvalue weighted by Crippen LogP contribution is -2.07. The molecule has 1 N–H and O–H groups in total. The van der Waals surface area contributed by atoms with Crippen LogP contribution in [-0.4, -0.2) is 6.41 Å². The van der Waals surface area contributed by atoms with Gasteiger partial charge in [0.25, 0.3) is 0 Å². The quantitative estimate of drug-likeness (QED) is 0.711. The second-order valence-electron chi connectivity index (χ2n) is 2.25. The largest absolute Gasteiger partial charge is 0.329 e. The second kappa shape index (κ2) is 3.93. The highest BCUT2D eigenvalue weighted by Crippen LogP contribution is 2.13. The lowest BCUT2D eigenvalue weighted by Gasteiger charge is -2.02. The molecule has 1 aromatic carbocycles. The average molecular weight is 182 g/mol. The Morgan fingerprint density at radius 1 is 1.42 bits per heavy atom. The van der Waals surface area contributed by atoms with Crippen LogP contribution in [0.15, 0.2) is 30.8 Å². The molecule has 0 fully saturated rings. The van der Waals surface area contributed by atoms with Crippen molar-refractivity contribution in [1.82, 2.24) is 5.32 Å². The van der Waals surface area contributed by atoms with Gasteiger partial charge < -0.3 is 5.32 Å². The molecule has 0 saturated heterocycles. The smallest absolute Gasteiger partial charge is 0.211 e. The van der Waals surface area contributed by atoms with Gasteiger partial charge in [0, 0.05) is 10.7 Å². The van der Waals surface area contributed by atoms with E-state index in [0.29, 0.717) is 17.1 Å². The average Bonchev–Trinajstić information content (AvgIpc) is 2.06. The molecule has 0 atom stereocenters. The van der Waals surface area contributed by atoms with E-state index in [1.165, 1.54) is 0 Å². The van der Waals surface area contributed by atoms with Crippen molar-refractivity contribution < 1.29 is 4.79 Å². The summed E-state index contributed by atoms with van der Waals surface area (Å²) in [5.41, 5.74) is 1.42. The standard InChI is InChI=1S/C9H8ClNO/c1-7(11-6-12)8-2-4-9(10)5-3-8/h2-6H,1H2,(H,11,12). The summed E-state index contributed by atoms with van der Waals surface area (Å²) in [6.07, 6.45) is 0.594. The summed E-state index contributed by atoms with van der Waals surface area (Å²) in [7, 11) is 0. The van der Waals surface area contributed by atoms with E-state index in [9.17, 15) is 4.79 Å². The molecule has 0 spiro atoms. The minimum atomic E-state index is 0.571. The Labute approximate surface area is 75.9 Å². The summed E-state index contributed by atoms with van der Waals surface area (Å²) in [5.74, 6) is 0. The Hall–Kier alpha value is -1.28. The van der Waals surface area contributed by atoms with Gasteiger partial charge in [0.2, 0.25) is 6.41 Å². The Morgan fingerprint density at radius 3 is 2.50 bits per heavy atom. The fraction of sp³-hybridized carbons (Fsp3) is 0. The molecule has 0 aliphatic carbocycles. The summed E-state index contributed by atoms with van der Waals surface area (Å²) in [4.78, 5) is 10.1. The van der Waals surface area contributed by atoms with Crippen molar-refractivity contribution in [2.75, 3.05) is 0 Å². The number of hydrogen-bond donors (Lipinski definition) is 1. The fourth-order valence-corrected chi connectivity index (χ4v) is 0.932. The minimum Gasteiger partial charge on any atom is -0.329 e. The lowest BCUT2D eigenvalue weighted by molar-refractivity contribution is -0.108. The predicted molar refractivity (Wildman–Crippen MR) is 49.7 cm³/mol. The van der Waals surface area contributed by atoms with Crippen molar-refractivity contribution in [1.29, 1.82) is 0 Å². The van der Waals surface area contributed by atoms with E-state index < -0.39 is 0 Å². The molecule has 0 unspecified atom stereocenters. The maximum atomic E-state index is 10.1. The molecule has 3 heteroatoms. The molecule has 0 aliphatic heterocycles. The molecule has 0 radical (unpaired) electrons. The van der Waals surface area contributed by atoms with Crippen LogP contribution >= 0.6 is 11.6 Å². The van der Waals surface area contributed by atoms with Gasteiger partial charge in [0.05, 0.1) is 0 Å². The Morgan fingerprint density at radius 2 is 2.00 bits per heavy atom. The van der Waals surface area contributed by atoms with Crippen LogP contribution in [0.1, 0.15) is 5.56 Å². The van der Waals surface area contributed by atoms with Crippen molar-refractivity contribution in [3.05, 3.63) is 41.4 Å². The molecule has 0 saturated carbocycles. The first kappa shape index (κ1) is 8.81. The zero-order valence-corrected chi connectivity index (χ0v) is 7.14. The van der Waals surface area contributed by atoms with E-state index in [4.69, 9.17) is 11.6 Å². The fourth-order valence-electron chi connectivity index (χ4n) is 0.806. The molecule has 12 heavy (non-hydrogen) atoms. The lowest BCUT2D eigenvalue weighted by atomic mass is 10.2. The summed E-state index contributed by atoms with van der Waals surface area (Å²) in [6, 6.07) is 7.07. The molecule has 0 aliphatic rings. The van der Waals surface area contributed by atoms with Crippen molar-refractivity contribution in [3.63, 3.8) is 0 Å². The van der Waals surface area contributed by atoms with E-state index in [2.05, 4.69) is 11.9 Å². The number of carbonyl (C=O) groups excluding carboxylic acids is 1. The maximum absolute atomic E-state index is 10.1. The first-order valence-corrected chi connectivity index (χ1v) is 3.77. The van der Waals surface area contributed by atoms with Gasteiger partial charge >= 0.3 is 0 Å². The van der Waals surface area contributed by atoms with Crippen LogP contribution in [0.25, 0.3) is 5.70 Å². The van der Waals surface area contributed by atoms with E-state index in [-0.39, 0.29) is 0 Å². The molecular formula is C9H8ClNO. The number of carbonyl (C=O) groups is 1. The van der Waals surface area contributed by atoms with Crippen molar-refractivity contribution >= 4 is 23.7 Å². The number of halogens is 1. The number of nitrogens with one attached hydrogen (secondary N) is 1. The van der Waals surface area contributed by atoms with Crippen molar-refractivity contribution in [2.45, 2.75) is 0 Å². The van der Waals surface area contributed by atoms with Gasteiger partial charge in [-0.15, -0.1) is 0 Å². The number of hydrogen-bond acceptors (Lipinski definition) is 1. The molecular weight excluding hydrogens is 174 g/mol. The third kappa shape index (κ3) is 2.10. The van der Waals surface area contributed by atoms with Gasteiger partial charge in [0.15, 0.2) is 0 Å². The number of benzene rings is 1. The summed E-state index contributed by atoms with van der Waals surface area (Å²) in [6.45, 7) is 3.66. The Balaban J connectivity index is 2.82. The highest BCUT2D eigenvalue weighted by Gasteiger charge is 1.95. The van der Waals surface area contributed by atoms with Gasteiger partial charge in [-0.1, -0.05) is 30.3 Å². The van der Waals surface area contributed by atoms with Crippen LogP contribution in [0.5, 0.6) is 0 Å². The van der Waals surface area contributed by atoms with E-state index in [0.717, 1.165) is 5.56 Å². The molecule has 0 heterocycles. The molecule has 1 rings (SSSR count). The van der Waals surface area contributed by atoms with Crippen LogP contribution in [-0.2, 0) is 4.79 Å². The van der Waals surface area contributed by atoms with E-state index in [1.807, 2.05) is 0 Å². The van der Waals surface area contributed by atoms with Gasteiger partial charge in [0.1, 0.15) is 0 Å². The maximum Gasteiger partial charge on any atom is 0.211 e. The topological polar surface area (TPSA) is 29.1 Å². The molecule has 1 amide bonds. The van der Waals surface area contributed by atoms with E-state index >= 15 is 0 Å². The molecule has 1 aromatic rings. The predicted octanol–water partition coefficient (Wildman–Crippen LogP) is 2.06. The van der Waals surface area contributed by atoms with Gasteiger partial charge in [-0.25, -0.2) is 0 Å². The number of rotatable bonds is 3. The normalized spacial score (nSPS) is 9.08. The van der Waals surface area contributed by atoms with Crippen LogP contribution in [0.4, 0.5) is 0 Å². The molecule has 2 nitrogen and oxygen atoms in total. The molecule has 0 aromatic heterocycles. The van der Waals surface area contributed by atoms with Crippen LogP contribution in [0.3, 0.4) is 0 Å². The van der Waals surface area contributed by atoms with Crippen LogP contribution < -0.4 is 5.32 Å².